The van der Waals surface area contributed by atoms with Gasteiger partial charge in [-0.05, 0) is 30.9 Å². The predicted octanol–water partition coefficient (Wildman–Crippen LogP) is 6.38. The highest BCUT2D eigenvalue weighted by Crippen LogP contribution is 2.37. The number of carboxylic acids is 1. The number of benzene rings is 2. The lowest BCUT2D eigenvalue weighted by molar-refractivity contribution is -0.139. The number of carbonyl (C=O) groups is 2. The Hall–Kier alpha value is -3.00. The minimum Gasteiger partial charge on any atom is -0.479 e. The molecule has 0 bridgehead atoms. The number of hydrogen-bond acceptors (Lipinski definition) is 4. The van der Waals surface area contributed by atoms with Crippen molar-refractivity contribution in [2.24, 2.45) is 5.92 Å². The topological polar surface area (TPSA) is 90.9 Å². The molecule has 34 heavy (non-hydrogen) atoms. The molecule has 0 unspecified atom stereocenters. The number of hydrogen-bond donors (Lipinski definition) is 3. The van der Waals surface area contributed by atoms with E-state index in [1.54, 1.807) is 24.3 Å². The van der Waals surface area contributed by atoms with Crippen LogP contribution in [0.15, 0.2) is 36.4 Å². The molecule has 0 spiro atoms. The fraction of sp³-hybridized carbons (Fsp3) is 0.440. The molecule has 1 fully saturated rings. The molecule has 0 aromatic heterocycles. The molecule has 2 amide bonds. The minimum atomic E-state index is -1.22. The van der Waals surface area contributed by atoms with E-state index in [1.165, 1.54) is 18.6 Å². The third-order valence-electron chi connectivity index (χ3n) is 5.66. The highest BCUT2D eigenvalue weighted by atomic mass is 35.5. The molecule has 2 aromatic rings. The number of para-hydroxylation sites is 1. The van der Waals surface area contributed by atoms with Gasteiger partial charge in [-0.15, -0.1) is 0 Å². The lowest BCUT2D eigenvalue weighted by Crippen LogP contribution is -2.40. The van der Waals surface area contributed by atoms with Crippen LogP contribution < -0.4 is 20.3 Å². The number of anilines is 3. The second-order valence-electron chi connectivity index (χ2n) is 8.88. The van der Waals surface area contributed by atoms with Gasteiger partial charge in [0.1, 0.15) is 0 Å². The van der Waals surface area contributed by atoms with Crippen molar-refractivity contribution in [1.82, 2.24) is 0 Å². The molecule has 0 saturated heterocycles. The van der Waals surface area contributed by atoms with E-state index in [4.69, 9.17) is 21.4 Å². The number of aliphatic carboxylic acids is 1. The summed E-state index contributed by atoms with van der Waals surface area (Å²) in [5, 5.41) is 14.8. The zero-order valence-corrected chi connectivity index (χ0v) is 20.2. The zero-order valence-electron chi connectivity index (χ0n) is 19.4. The number of carbonyl (C=O) groups excluding carboxylic acids is 1. The van der Waals surface area contributed by atoms with Crippen LogP contribution in [0, 0.1) is 11.7 Å². The van der Waals surface area contributed by atoms with Crippen LogP contribution in [0.4, 0.5) is 26.2 Å². The molecule has 3 N–H and O–H groups in total. The van der Waals surface area contributed by atoms with Crippen LogP contribution in [0.5, 0.6) is 5.75 Å². The zero-order chi connectivity index (χ0) is 24.7. The molecule has 9 heteroatoms. The van der Waals surface area contributed by atoms with Crippen molar-refractivity contribution in [3.05, 3.63) is 47.2 Å². The molecular weight excluding hydrogens is 461 g/mol. The molecule has 7 nitrogen and oxygen atoms in total. The molecule has 0 radical (unpaired) electrons. The van der Waals surface area contributed by atoms with Crippen molar-refractivity contribution in [2.45, 2.75) is 52.0 Å². The third-order valence-corrected chi connectivity index (χ3v) is 5.99. The normalized spacial score (nSPS) is 14.0. The Kier molecular flexibility index (Phi) is 8.98. The summed E-state index contributed by atoms with van der Waals surface area (Å²) in [4.78, 5) is 25.9. The Labute approximate surface area is 204 Å². The Morgan fingerprint density at radius 1 is 1.15 bits per heavy atom. The molecule has 1 saturated carbocycles. The molecule has 0 aliphatic heterocycles. The summed E-state index contributed by atoms with van der Waals surface area (Å²) in [7, 11) is 0. The van der Waals surface area contributed by atoms with Crippen LogP contribution >= 0.6 is 11.6 Å². The van der Waals surface area contributed by atoms with E-state index >= 15 is 0 Å². The highest BCUT2D eigenvalue weighted by molar-refractivity contribution is 6.33. The third kappa shape index (κ3) is 7.00. The first-order valence-corrected chi connectivity index (χ1v) is 11.9. The maximum absolute atomic E-state index is 15.0. The van der Waals surface area contributed by atoms with Gasteiger partial charge in [-0.1, -0.05) is 56.8 Å². The van der Waals surface area contributed by atoms with E-state index in [1.807, 2.05) is 0 Å². The Balaban J connectivity index is 1.96. The lowest BCUT2D eigenvalue weighted by Gasteiger charge is -2.38. The molecule has 0 heterocycles. The number of carboxylic acid groups (broad SMARTS) is 1. The average Bonchev–Trinajstić information content (AvgIpc) is 2.79. The number of rotatable bonds is 9. The summed E-state index contributed by atoms with van der Waals surface area (Å²) in [6, 6.07) is 9.15. The molecule has 184 valence electrons. The second-order valence-corrected chi connectivity index (χ2v) is 9.29. The highest BCUT2D eigenvalue weighted by Gasteiger charge is 2.26. The number of halogens is 2. The monoisotopic (exact) mass is 491 g/mol. The van der Waals surface area contributed by atoms with E-state index in [2.05, 4.69) is 29.4 Å². The summed E-state index contributed by atoms with van der Waals surface area (Å²) < 4.78 is 20.1. The lowest BCUT2D eigenvalue weighted by atomic mass is 9.93. The maximum atomic E-state index is 15.0. The fourth-order valence-corrected chi connectivity index (χ4v) is 4.38. The molecule has 2 aromatic carbocycles. The van der Waals surface area contributed by atoms with E-state index in [-0.39, 0.29) is 11.8 Å². The average molecular weight is 492 g/mol. The van der Waals surface area contributed by atoms with E-state index in [0.717, 1.165) is 25.7 Å². The van der Waals surface area contributed by atoms with Gasteiger partial charge in [-0.3, -0.25) is 0 Å². The predicted molar refractivity (Wildman–Crippen MR) is 133 cm³/mol. The van der Waals surface area contributed by atoms with Crippen LogP contribution in [0.25, 0.3) is 0 Å². The quantitative estimate of drug-likeness (QED) is 0.378. The van der Waals surface area contributed by atoms with Gasteiger partial charge in [0.25, 0.3) is 0 Å². The number of amides is 2. The van der Waals surface area contributed by atoms with Crippen LogP contribution in [-0.2, 0) is 4.79 Å². The molecule has 1 aliphatic rings. The first-order chi connectivity index (χ1) is 16.2. The minimum absolute atomic E-state index is 0.216. The standard InChI is InChI=1S/C25H31ClFN3O4/c1-16(2)14-30(17-8-4-3-5-9-17)22-12-19(27)23(34-15-24(31)32)13-21(22)29-25(33)28-20-11-7-6-10-18(20)26/h6-7,10-13,16-17H,3-5,8-9,14-15H2,1-2H3,(H,31,32)(H2,28,29,33). The SMILES string of the molecule is CC(C)CN(c1cc(F)c(OCC(=O)O)cc1NC(=O)Nc1ccccc1Cl)C1CCCCC1. The molecule has 3 rings (SSSR count). The van der Waals surface area contributed by atoms with Crippen molar-refractivity contribution >= 4 is 40.7 Å². The van der Waals surface area contributed by atoms with Gasteiger partial charge in [0.2, 0.25) is 0 Å². The van der Waals surface area contributed by atoms with E-state index in [9.17, 15) is 14.0 Å². The Morgan fingerprint density at radius 3 is 2.47 bits per heavy atom. The first-order valence-electron chi connectivity index (χ1n) is 11.5. The number of nitrogens with one attached hydrogen (secondary N) is 2. The number of nitrogens with zero attached hydrogens (tertiary/aromatic N) is 1. The van der Waals surface area contributed by atoms with Crippen molar-refractivity contribution in [2.75, 3.05) is 28.7 Å². The second kappa shape index (κ2) is 11.9. The summed E-state index contributed by atoms with van der Waals surface area (Å²) in [5.41, 5.74) is 1.30. The summed E-state index contributed by atoms with van der Waals surface area (Å²) in [6.45, 7) is 4.17. The Morgan fingerprint density at radius 2 is 1.82 bits per heavy atom. The van der Waals surface area contributed by atoms with Crippen LogP contribution in [0.2, 0.25) is 5.02 Å². The molecule has 1 aliphatic carbocycles. The van der Waals surface area contributed by atoms with E-state index < -0.39 is 24.4 Å². The van der Waals surface area contributed by atoms with Crippen molar-refractivity contribution in [3.8, 4) is 5.75 Å². The van der Waals surface area contributed by atoms with Crippen molar-refractivity contribution < 1.29 is 23.8 Å². The van der Waals surface area contributed by atoms with Crippen molar-refractivity contribution in [1.29, 1.82) is 0 Å². The largest absolute Gasteiger partial charge is 0.479 e. The van der Waals surface area contributed by atoms with Gasteiger partial charge in [0, 0.05) is 24.7 Å². The first kappa shape index (κ1) is 25.6. The van der Waals surface area contributed by atoms with Gasteiger partial charge in [0.15, 0.2) is 18.2 Å². The van der Waals surface area contributed by atoms with Crippen LogP contribution in [0.3, 0.4) is 0 Å². The van der Waals surface area contributed by atoms with Gasteiger partial charge in [-0.25, -0.2) is 14.0 Å². The fourth-order valence-electron chi connectivity index (χ4n) is 4.20. The maximum Gasteiger partial charge on any atom is 0.341 e. The van der Waals surface area contributed by atoms with Gasteiger partial charge < -0.3 is 25.4 Å². The Bertz CT molecular complexity index is 1010. The number of urea groups is 1. The summed E-state index contributed by atoms with van der Waals surface area (Å²) in [6.07, 6.45) is 5.33. The van der Waals surface area contributed by atoms with Gasteiger partial charge in [0.05, 0.1) is 22.1 Å². The van der Waals surface area contributed by atoms with Crippen molar-refractivity contribution in [3.63, 3.8) is 0 Å². The smallest absolute Gasteiger partial charge is 0.341 e. The molecular formula is C25H31ClFN3O4. The van der Waals surface area contributed by atoms with Crippen LogP contribution in [-0.4, -0.2) is 36.3 Å². The number of ether oxygens (including phenoxy) is 1. The van der Waals surface area contributed by atoms with E-state index in [0.29, 0.717) is 34.5 Å². The van der Waals surface area contributed by atoms with Gasteiger partial charge >= 0.3 is 12.0 Å². The summed E-state index contributed by atoms with van der Waals surface area (Å²) >= 11 is 6.15. The van der Waals surface area contributed by atoms with Gasteiger partial charge in [-0.2, -0.15) is 0 Å². The molecule has 0 atom stereocenters. The summed E-state index contributed by atoms with van der Waals surface area (Å²) in [5.74, 6) is -1.85. The van der Waals surface area contributed by atoms with Crippen LogP contribution in [0.1, 0.15) is 46.0 Å².